The molecule has 0 amide bonds. The third kappa shape index (κ3) is 3.00. The molecular weight excluding hydrogens is 278 g/mol. The summed E-state index contributed by atoms with van der Waals surface area (Å²) in [5.41, 5.74) is 7.49. The van der Waals surface area contributed by atoms with Crippen molar-refractivity contribution in [2.24, 2.45) is 0 Å². The minimum absolute atomic E-state index is 0.0147. The van der Waals surface area contributed by atoms with Gasteiger partial charge in [-0.15, -0.1) is 0 Å². The van der Waals surface area contributed by atoms with Crippen LogP contribution in [0.1, 0.15) is 22.9 Å². The Hall–Kier alpha value is -1.86. The molecule has 1 aromatic carbocycles. The van der Waals surface area contributed by atoms with Crippen molar-refractivity contribution in [3.63, 3.8) is 0 Å². The molecule has 6 nitrogen and oxygen atoms in total. The quantitative estimate of drug-likeness (QED) is 0.836. The molecule has 0 aliphatic rings. The summed E-state index contributed by atoms with van der Waals surface area (Å²) in [6, 6.07) is 4.66. The van der Waals surface area contributed by atoms with Crippen LogP contribution in [0, 0.1) is 20.8 Å². The maximum Gasteiger partial charge on any atom is 0.241 e. The molecule has 2 aromatic rings. The molecule has 0 fully saturated rings. The molecule has 1 aromatic heterocycles. The maximum atomic E-state index is 12.2. The predicted octanol–water partition coefficient (Wildman–Crippen LogP) is 1.66. The lowest BCUT2D eigenvalue weighted by atomic mass is 10.2. The van der Waals surface area contributed by atoms with Gasteiger partial charge in [0.25, 0.3) is 0 Å². The van der Waals surface area contributed by atoms with Crippen molar-refractivity contribution in [1.29, 1.82) is 0 Å². The number of benzene rings is 1. The number of hydrogen-bond donors (Lipinski definition) is 2. The number of aromatic nitrogens is 1. The fourth-order valence-electron chi connectivity index (χ4n) is 1.82. The van der Waals surface area contributed by atoms with Crippen LogP contribution in [0.4, 0.5) is 5.69 Å². The van der Waals surface area contributed by atoms with Crippen LogP contribution in [0.5, 0.6) is 0 Å². The number of aryl methyl sites for hydroxylation is 3. The molecule has 1 heterocycles. The molecule has 0 saturated carbocycles. The lowest BCUT2D eigenvalue weighted by Gasteiger charge is -2.08. The van der Waals surface area contributed by atoms with Crippen molar-refractivity contribution >= 4 is 15.7 Å². The van der Waals surface area contributed by atoms with Crippen LogP contribution in [0.3, 0.4) is 0 Å². The zero-order chi connectivity index (χ0) is 14.9. The van der Waals surface area contributed by atoms with E-state index in [4.69, 9.17) is 10.2 Å². The monoisotopic (exact) mass is 295 g/mol. The number of nitrogens with one attached hydrogen (secondary N) is 1. The Kier molecular flexibility index (Phi) is 3.82. The second-order valence-corrected chi connectivity index (χ2v) is 6.33. The molecule has 0 bridgehead atoms. The largest absolute Gasteiger partial charge is 0.444 e. The van der Waals surface area contributed by atoms with E-state index in [1.54, 1.807) is 32.9 Å². The van der Waals surface area contributed by atoms with E-state index in [1.165, 1.54) is 6.07 Å². The number of nitrogen functional groups attached to an aromatic ring is 1. The zero-order valence-electron chi connectivity index (χ0n) is 11.6. The van der Waals surface area contributed by atoms with Gasteiger partial charge in [-0.1, -0.05) is 0 Å². The summed E-state index contributed by atoms with van der Waals surface area (Å²) in [6.07, 6.45) is 0. The van der Waals surface area contributed by atoms with Crippen LogP contribution in [-0.2, 0) is 16.6 Å². The van der Waals surface area contributed by atoms with Gasteiger partial charge in [-0.05, 0) is 44.5 Å². The topological polar surface area (TPSA) is 98.2 Å². The first-order valence-corrected chi connectivity index (χ1v) is 7.56. The van der Waals surface area contributed by atoms with Crippen molar-refractivity contribution in [2.75, 3.05) is 5.73 Å². The standard InChI is InChI=1S/C13H17N3O3S/c1-8-6-11(14)4-5-12(8)20(17,18)15-7-13-16-9(2)10(3)19-13/h4-6,15H,7,14H2,1-3H3. The van der Waals surface area contributed by atoms with Crippen molar-refractivity contribution in [3.05, 3.63) is 41.1 Å². The number of nitrogens with two attached hydrogens (primary N) is 1. The highest BCUT2D eigenvalue weighted by Gasteiger charge is 2.18. The van der Waals surface area contributed by atoms with Crippen LogP contribution in [-0.4, -0.2) is 13.4 Å². The molecular formula is C13H17N3O3S. The van der Waals surface area contributed by atoms with Gasteiger partial charge in [-0.25, -0.2) is 18.1 Å². The lowest BCUT2D eigenvalue weighted by molar-refractivity contribution is 0.463. The second kappa shape index (κ2) is 5.26. The Morgan fingerprint density at radius 2 is 2.00 bits per heavy atom. The van der Waals surface area contributed by atoms with Crippen molar-refractivity contribution in [1.82, 2.24) is 9.71 Å². The Morgan fingerprint density at radius 3 is 2.55 bits per heavy atom. The molecule has 7 heteroatoms. The second-order valence-electron chi connectivity index (χ2n) is 4.60. The molecule has 0 radical (unpaired) electrons. The number of anilines is 1. The van der Waals surface area contributed by atoms with E-state index in [2.05, 4.69) is 9.71 Å². The number of sulfonamides is 1. The van der Waals surface area contributed by atoms with Gasteiger partial charge in [0.15, 0.2) is 0 Å². The molecule has 2 rings (SSSR count). The first-order chi connectivity index (χ1) is 9.29. The van der Waals surface area contributed by atoms with E-state index >= 15 is 0 Å². The van der Waals surface area contributed by atoms with E-state index in [1.807, 2.05) is 0 Å². The Labute approximate surface area is 118 Å². The average molecular weight is 295 g/mol. The molecule has 20 heavy (non-hydrogen) atoms. The summed E-state index contributed by atoms with van der Waals surface area (Å²) in [6.45, 7) is 5.30. The van der Waals surface area contributed by atoms with Gasteiger partial charge >= 0.3 is 0 Å². The normalized spacial score (nSPS) is 11.8. The van der Waals surface area contributed by atoms with Crippen LogP contribution in [0.15, 0.2) is 27.5 Å². The molecule has 108 valence electrons. The summed E-state index contributed by atoms with van der Waals surface area (Å²) >= 11 is 0. The van der Waals surface area contributed by atoms with Crippen LogP contribution >= 0.6 is 0 Å². The van der Waals surface area contributed by atoms with Crippen LogP contribution in [0.2, 0.25) is 0 Å². The Morgan fingerprint density at radius 1 is 1.30 bits per heavy atom. The highest BCUT2D eigenvalue weighted by molar-refractivity contribution is 7.89. The highest BCUT2D eigenvalue weighted by Crippen LogP contribution is 2.18. The average Bonchev–Trinajstić information content (AvgIpc) is 2.66. The summed E-state index contributed by atoms with van der Waals surface area (Å²) in [7, 11) is -3.62. The van der Waals surface area contributed by atoms with Gasteiger partial charge in [0.1, 0.15) is 5.76 Å². The van der Waals surface area contributed by atoms with Gasteiger partial charge in [0.2, 0.25) is 15.9 Å². The molecule has 0 atom stereocenters. The molecule has 0 unspecified atom stereocenters. The van der Waals surface area contributed by atoms with E-state index in [-0.39, 0.29) is 11.4 Å². The Balaban J connectivity index is 2.19. The third-order valence-corrected chi connectivity index (χ3v) is 4.54. The molecule has 0 aliphatic heterocycles. The van der Waals surface area contributed by atoms with E-state index in [0.717, 1.165) is 5.69 Å². The van der Waals surface area contributed by atoms with Crippen molar-refractivity contribution < 1.29 is 12.8 Å². The summed E-state index contributed by atoms with van der Waals surface area (Å²) in [5.74, 6) is 1.03. The maximum absolute atomic E-state index is 12.2. The summed E-state index contributed by atoms with van der Waals surface area (Å²) < 4.78 is 32.2. The zero-order valence-corrected chi connectivity index (χ0v) is 12.4. The van der Waals surface area contributed by atoms with Gasteiger partial charge in [0.05, 0.1) is 17.1 Å². The minimum atomic E-state index is -3.62. The Bertz CT molecular complexity index is 716. The molecule has 0 saturated heterocycles. The fraction of sp³-hybridized carbons (Fsp3) is 0.308. The molecule has 3 N–H and O–H groups in total. The lowest BCUT2D eigenvalue weighted by Crippen LogP contribution is -2.24. The number of oxazole rings is 1. The van der Waals surface area contributed by atoms with E-state index in [0.29, 0.717) is 22.9 Å². The van der Waals surface area contributed by atoms with E-state index < -0.39 is 10.0 Å². The minimum Gasteiger partial charge on any atom is -0.444 e. The first kappa shape index (κ1) is 14.5. The molecule has 0 spiro atoms. The number of nitrogens with zero attached hydrogens (tertiary/aromatic N) is 1. The summed E-state index contributed by atoms with van der Waals surface area (Å²) in [4.78, 5) is 4.33. The van der Waals surface area contributed by atoms with Gasteiger partial charge < -0.3 is 10.2 Å². The van der Waals surface area contributed by atoms with Gasteiger partial charge in [-0.3, -0.25) is 0 Å². The summed E-state index contributed by atoms with van der Waals surface area (Å²) in [5, 5.41) is 0. The number of rotatable bonds is 4. The predicted molar refractivity (Wildman–Crippen MR) is 75.6 cm³/mol. The van der Waals surface area contributed by atoms with Crippen molar-refractivity contribution in [2.45, 2.75) is 32.2 Å². The smallest absolute Gasteiger partial charge is 0.241 e. The highest BCUT2D eigenvalue weighted by atomic mass is 32.2. The van der Waals surface area contributed by atoms with Crippen molar-refractivity contribution in [3.8, 4) is 0 Å². The third-order valence-electron chi connectivity index (χ3n) is 2.97. The number of hydrogen-bond acceptors (Lipinski definition) is 5. The first-order valence-electron chi connectivity index (χ1n) is 6.08. The van der Waals surface area contributed by atoms with Crippen LogP contribution < -0.4 is 10.5 Å². The van der Waals surface area contributed by atoms with E-state index in [9.17, 15) is 8.42 Å². The fourth-order valence-corrected chi connectivity index (χ4v) is 3.02. The van der Waals surface area contributed by atoms with Gasteiger partial charge in [-0.2, -0.15) is 0 Å². The molecule has 0 aliphatic carbocycles. The van der Waals surface area contributed by atoms with Gasteiger partial charge in [0, 0.05) is 5.69 Å². The SMILES string of the molecule is Cc1cc(N)ccc1S(=O)(=O)NCc1nc(C)c(C)o1. The van der Waals surface area contributed by atoms with Crippen LogP contribution in [0.25, 0.3) is 0 Å².